The Balaban J connectivity index is 2.13. The number of aromatic nitrogens is 3. The minimum Gasteiger partial charge on any atom is -0.295 e. The zero-order valence-electron chi connectivity index (χ0n) is 12.2. The van der Waals surface area contributed by atoms with Gasteiger partial charge in [0.05, 0.1) is 0 Å². The first-order chi connectivity index (χ1) is 9.74. The number of unbranched alkanes of at least 4 members (excludes halogenated alkanes) is 3. The number of hydrogen-bond donors (Lipinski definition) is 0. The zero-order chi connectivity index (χ0) is 14.4. The fourth-order valence-corrected chi connectivity index (χ4v) is 2.73. The van der Waals surface area contributed by atoms with Gasteiger partial charge in [-0.25, -0.2) is 0 Å². The topological polar surface area (TPSA) is 30.7 Å². The fraction of sp³-hybridized carbons (Fsp3) is 0.500. The summed E-state index contributed by atoms with van der Waals surface area (Å²) in [4.78, 5) is 0. The van der Waals surface area contributed by atoms with Crippen LogP contribution in [-0.4, -0.2) is 14.8 Å². The molecule has 0 aliphatic heterocycles. The lowest BCUT2D eigenvalue weighted by Crippen LogP contribution is -2.07. The third-order valence-electron chi connectivity index (χ3n) is 3.60. The Labute approximate surface area is 126 Å². The molecule has 0 fully saturated rings. The van der Waals surface area contributed by atoms with Gasteiger partial charge in [0, 0.05) is 11.6 Å². The minimum absolute atomic E-state index is 0.324. The Morgan fingerprint density at radius 3 is 2.55 bits per heavy atom. The molecule has 1 unspecified atom stereocenters. The van der Waals surface area contributed by atoms with Crippen LogP contribution >= 0.6 is 11.6 Å². The van der Waals surface area contributed by atoms with Gasteiger partial charge in [0.25, 0.3) is 0 Å². The molecule has 1 aromatic heterocycles. The van der Waals surface area contributed by atoms with E-state index >= 15 is 0 Å². The van der Waals surface area contributed by atoms with Gasteiger partial charge in [0.15, 0.2) is 5.82 Å². The summed E-state index contributed by atoms with van der Waals surface area (Å²) < 4.78 is 2.04. The highest BCUT2D eigenvalue weighted by atomic mass is 35.5. The number of benzene rings is 1. The van der Waals surface area contributed by atoms with E-state index in [1.54, 1.807) is 0 Å². The molecule has 0 bridgehead atoms. The maximum absolute atomic E-state index is 6.22. The second-order valence-electron chi connectivity index (χ2n) is 5.23. The summed E-state index contributed by atoms with van der Waals surface area (Å²) in [6.45, 7) is 4.42. The Morgan fingerprint density at radius 1 is 1.10 bits per heavy atom. The van der Waals surface area contributed by atoms with Crippen molar-refractivity contribution in [3.63, 3.8) is 0 Å². The average molecular weight is 292 g/mol. The van der Waals surface area contributed by atoms with Crippen molar-refractivity contribution in [2.24, 2.45) is 0 Å². The van der Waals surface area contributed by atoms with Gasteiger partial charge in [-0.3, -0.25) is 4.57 Å². The van der Waals surface area contributed by atoms with Gasteiger partial charge in [0.1, 0.15) is 0 Å². The quantitative estimate of drug-likeness (QED) is 0.662. The highest BCUT2D eigenvalue weighted by Crippen LogP contribution is 2.27. The van der Waals surface area contributed by atoms with Crippen LogP contribution in [0.3, 0.4) is 0 Å². The van der Waals surface area contributed by atoms with Crippen LogP contribution in [0.1, 0.15) is 52.0 Å². The predicted molar refractivity (Wildman–Crippen MR) is 83.9 cm³/mol. The van der Waals surface area contributed by atoms with Gasteiger partial charge >= 0.3 is 0 Å². The van der Waals surface area contributed by atoms with Crippen LogP contribution in [0.15, 0.2) is 30.3 Å². The molecule has 108 valence electrons. The average Bonchev–Trinajstić information content (AvgIpc) is 2.86. The highest BCUT2D eigenvalue weighted by molar-refractivity contribution is 6.28. The molecule has 3 nitrogen and oxygen atoms in total. The van der Waals surface area contributed by atoms with Crippen molar-refractivity contribution in [3.8, 4) is 11.4 Å². The zero-order valence-corrected chi connectivity index (χ0v) is 13.0. The Bertz CT molecular complexity index is 522. The standard InChI is InChI=1S/C16H22ClN3/c1-3-4-5-7-10-13(2)20-15(18-19-16(20)17)14-11-8-6-9-12-14/h6,8-9,11-13H,3-5,7,10H2,1-2H3. The molecule has 2 rings (SSSR count). The summed E-state index contributed by atoms with van der Waals surface area (Å²) in [7, 11) is 0. The number of nitrogens with zero attached hydrogens (tertiary/aromatic N) is 3. The van der Waals surface area contributed by atoms with Crippen LogP contribution in [0, 0.1) is 0 Å². The van der Waals surface area contributed by atoms with E-state index in [4.69, 9.17) is 11.6 Å². The molecule has 0 saturated heterocycles. The van der Waals surface area contributed by atoms with Crippen LogP contribution < -0.4 is 0 Å². The third-order valence-corrected chi connectivity index (χ3v) is 3.86. The molecule has 1 heterocycles. The molecule has 0 saturated carbocycles. The van der Waals surface area contributed by atoms with Crippen LogP contribution in [0.5, 0.6) is 0 Å². The van der Waals surface area contributed by atoms with Gasteiger partial charge in [-0.15, -0.1) is 10.2 Å². The Kier molecular flexibility index (Phi) is 5.60. The molecular formula is C16H22ClN3. The summed E-state index contributed by atoms with van der Waals surface area (Å²) >= 11 is 6.22. The molecule has 1 aromatic carbocycles. The van der Waals surface area contributed by atoms with Crippen LogP contribution in [-0.2, 0) is 0 Å². The van der Waals surface area contributed by atoms with Crippen molar-refractivity contribution in [3.05, 3.63) is 35.6 Å². The van der Waals surface area contributed by atoms with Crippen molar-refractivity contribution >= 4 is 11.6 Å². The maximum Gasteiger partial charge on any atom is 0.225 e. The molecule has 1 atom stereocenters. The van der Waals surface area contributed by atoms with Crippen molar-refractivity contribution in [2.45, 2.75) is 52.0 Å². The predicted octanol–water partition coefficient (Wildman–Crippen LogP) is 5.13. The second-order valence-corrected chi connectivity index (χ2v) is 5.57. The number of rotatable bonds is 7. The molecule has 0 radical (unpaired) electrons. The van der Waals surface area contributed by atoms with E-state index in [-0.39, 0.29) is 0 Å². The summed E-state index contributed by atoms with van der Waals surface area (Å²) in [5, 5.41) is 8.75. The van der Waals surface area contributed by atoms with E-state index in [0.29, 0.717) is 11.3 Å². The van der Waals surface area contributed by atoms with Crippen molar-refractivity contribution < 1.29 is 0 Å². The van der Waals surface area contributed by atoms with E-state index in [0.717, 1.165) is 17.8 Å². The lowest BCUT2D eigenvalue weighted by Gasteiger charge is -2.16. The maximum atomic E-state index is 6.22. The minimum atomic E-state index is 0.324. The van der Waals surface area contributed by atoms with Crippen molar-refractivity contribution in [2.75, 3.05) is 0 Å². The fourth-order valence-electron chi connectivity index (χ4n) is 2.44. The first-order valence-corrected chi connectivity index (χ1v) is 7.77. The Morgan fingerprint density at radius 2 is 1.85 bits per heavy atom. The lowest BCUT2D eigenvalue weighted by molar-refractivity contribution is 0.475. The first-order valence-electron chi connectivity index (χ1n) is 7.39. The third kappa shape index (κ3) is 3.60. The van der Waals surface area contributed by atoms with Gasteiger partial charge < -0.3 is 0 Å². The molecular weight excluding hydrogens is 270 g/mol. The molecule has 0 aliphatic rings. The molecule has 4 heteroatoms. The molecule has 0 amide bonds. The largest absolute Gasteiger partial charge is 0.295 e. The van der Waals surface area contributed by atoms with E-state index in [9.17, 15) is 0 Å². The Hall–Kier alpha value is -1.35. The lowest BCUT2D eigenvalue weighted by atomic mass is 10.1. The SMILES string of the molecule is CCCCCCC(C)n1c(Cl)nnc1-c1ccccc1. The highest BCUT2D eigenvalue weighted by Gasteiger charge is 2.16. The van der Waals surface area contributed by atoms with Crippen molar-refractivity contribution in [1.29, 1.82) is 0 Å². The van der Waals surface area contributed by atoms with Crippen LogP contribution in [0.2, 0.25) is 5.28 Å². The van der Waals surface area contributed by atoms with Gasteiger partial charge in [0.2, 0.25) is 5.28 Å². The summed E-state index contributed by atoms with van der Waals surface area (Å²) in [5.74, 6) is 0.860. The van der Waals surface area contributed by atoms with E-state index in [1.165, 1.54) is 25.7 Å². The van der Waals surface area contributed by atoms with Gasteiger partial charge in [-0.2, -0.15) is 0 Å². The monoisotopic (exact) mass is 291 g/mol. The molecule has 0 aliphatic carbocycles. The van der Waals surface area contributed by atoms with E-state index in [1.807, 2.05) is 34.9 Å². The molecule has 20 heavy (non-hydrogen) atoms. The summed E-state index contributed by atoms with van der Waals surface area (Å²) in [6.07, 6.45) is 6.17. The smallest absolute Gasteiger partial charge is 0.225 e. The first kappa shape index (κ1) is 15.0. The number of halogens is 1. The second kappa shape index (κ2) is 7.44. The van der Waals surface area contributed by atoms with Crippen molar-refractivity contribution in [1.82, 2.24) is 14.8 Å². The molecule has 0 spiro atoms. The normalized spacial score (nSPS) is 12.6. The molecule has 2 aromatic rings. The number of hydrogen-bond acceptors (Lipinski definition) is 2. The van der Waals surface area contributed by atoms with Crippen LogP contribution in [0.25, 0.3) is 11.4 Å². The molecule has 0 N–H and O–H groups in total. The van der Waals surface area contributed by atoms with E-state index < -0.39 is 0 Å². The van der Waals surface area contributed by atoms with Crippen LogP contribution in [0.4, 0.5) is 0 Å². The van der Waals surface area contributed by atoms with Gasteiger partial charge in [-0.1, -0.05) is 62.9 Å². The summed E-state index contributed by atoms with van der Waals surface area (Å²) in [6, 6.07) is 10.4. The summed E-state index contributed by atoms with van der Waals surface area (Å²) in [5.41, 5.74) is 1.06. The van der Waals surface area contributed by atoms with Gasteiger partial charge in [-0.05, 0) is 24.9 Å². The van der Waals surface area contributed by atoms with E-state index in [2.05, 4.69) is 24.0 Å².